The number of nitrogens with one attached hydrogen (secondary N) is 1. The molecule has 6 heteroatoms. The third-order valence-corrected chi connectivity index (χ3v) is 5.49. The first kappa shape index (κ1) is 22.3. The van der Waals surface area contributed by atoms with Gasteiger partial charge in [-0.15, -0.1) is 0 Å². The highest BCUT2D eigenvalue weighted by Crippen LogP contribution is 2.38. The number of rotatable bonds is 10. The van der Waals surface area contributed by atoms with Crippen molar-refractivity contribution in [2.45, 2.75) is 32.3 Å². The number of benzene rings is 2. The van der Waals surface area contributed by atoms with E-state index in [1.807, 2.05) is 6.07 Å². The minimum atomic E-state index is -0.914. The molecular weight excluding hydrogens is 400 g/mol. The Morgan fingerprint density at radius 1 is 1.17 bits per heavy atom. The van der Waals surface area contributed by atoms with Crippen LogP contribution in [0.3, 0.4) is 0 Å². The summed E-state index contributed by atoms with van der Waals surface area (Å²) < 4.78 is 5.31. The number of aryl methyl sites for hydroxylation is 2. The fourth-order valence-corrected chi connectivity index (χ4v) is 4.03. The second-order valence-corrected chi connectivity index (χ2v) is 7.91. The summed E-state index contributed by atoms with van der Waals surface area (Å²) in [6.07, 6.45) is 6.80. The lowest BCUT2D eigenvalue weighted by Gasteiger charge is -2.27. The molecule has 0 saturated heterocycles. The minimum Gasteiger partial charge on any atom is -0.478 e. The Balaban J connectivity index is 1.70. The van der Waals surface area contributed by atoms with Gasteiger partial charge in [0.2, 0.25) is 0 Å². The maximum absolute atomic E-state index is 10.5. The predicted molar refractivity (Wildman–Crippen MR) is 122 cm³/mol. The van der Waals surface area contributed by atoms with Crippen molar-refractivity contribution in [1.82, 2.24) is 5.32 Å². The maximum Gasteiger partial charge on any atom is 0.328 e. The van der Waals surface area contributed by atoms with Crippen molar-refractivity contribution in [1.29, 1.82) is 0 Å². The molecule has 2 aromatic rings. The average molecular weight is 429 g/mol. The van der Waals surface area contributed by atoms with Crippen molar-refractivity contribution in [3.8, 4) is 0 Å². The quantitative estimate of drug-likeness (QED) is 0.423. The zero-order valence-corrected chi connectivity index (χ0v) is 18.1. The van der Waals surface area contributed by atoms with Crippen molar-refractivity contribution < 1.29 is 14.6 Å². The van der Waals surface area contributed by atoms with Crippen LogP contribution in [-0.4, -0.2) is 37.8 Å². The Morgan fingerprint density at radius 3 is 2.80 bits per heavy atom. The van der Waals surface area contributed by atoms with Gasteiger partial charge >= 0.3 is 5.97 Å². The van der Waals surface area contributed by atoms with E-state index in [2.05, 4.69) is 40.5 Å². The molecule has 0 radical (unpaired) electrons. The number of carboxylic acid groups (broad SMARTS) is 1. The van der Waals surface area contributed by atoms with Gasteiger partial charge in [-0.25, -0.2) is 4.79 Å². The third-order valence-electron chi connectivity index (χ3n) is 5.26. The van der Waals surface area contributed by atoms with Gasteiger partial charge < -0.3 is 20.1 Å². The van der Waals surface area contributed by atoms with Crippen LogP contribution in [0.1, 0.15) is 29.5 Å². The van der Waals surface area contributed by atoms with E-state index < -0.39 is 5.97 Å². The van der Waals surface area contributed by atoms with Crippen LogP contribution in [0.15, 0.2) is 48.6 Å². The smallest absolute Gasteiger partial charge is 0.328 e. The second kappa shape index (κ2) is 11.2. The first-order chi connectivity index (χ1) is 14.6. The third kappa shape index (κ3) is 6.08. The number of carboxylic acids is 1. The maximum atomic E-state index is 10.5. The van der Waals surface area contributed by atoms with Crippen LogP contribution < -0.4 is 10.2 Å². The summed E-state index contributed by atoms with van der Waals surface area (Å²) in [7, 11) is 1.72. The van der Waals surface area contributed by atoms with Crippen molar-refractivity contribution in [2.75, 3.05) is 31.6 Å². The number of hydrogen-bond donors (Lipinski definition) is 2. The number of halogens is 1. The first-order valence-corrected chi connectivity index (χ1v) is 10.7. The number of unbranched alkanes of at least 4 members (excludes halogenated alkanes) is 1. The van der Waals surface area contributed by atoms with Crippen LogP contribution in [0.2, 0.25) is 5.02 Å². The molecule has 2 N–H and O–H groups in total. The lowest BCUT2D eigenvalue weighted by atomic mass is 10.0. The Bertz CT molecular complexity index is 898. The molecule has 0 aromatic heterocycles. The van der Waals surface area contributed by atoms with Gasteiger partial charge in [0.15, 0.2) is 0 Å². The molecule has 0 fully saturated rings. The summed E-state index contributed by atoms with van der Waals surface area (Å²) >= 11 is 6.34. The summed E-state index contributed by atoms with van der Waals surface area (Å²) in [4.78, 5) is 12.9. The van der Waals surface area contributed by atoms with E-state index in [1.165, 1.54) is 34.1 Å². The largest absolute Gasteiger partial charge is 0.478 e. The topological polar surface area (TPSA) is 61.8 Å². The summed E-state index contributed by atoms with van der Waals surface area (Å²) in [6, 6.07) is 12.8. The molecule has 0 saturated carbocycles. The number of nitrogens with zero attached hydrogens (tertiary/aromatic N) is 1. The molecule has 2 aromatic carbocycles. The van der Waals surface area contributed by atoms with E-state index in [-0.39, 0.29) is 0 Å². The minimum absolute atomic E-state index is 0.569. The molecule has 0 amide bonds. The van der Waals surface area contributed by atoms with Gasteiger partial charge in [0.05, 0.1) is 6.61 Å². The number of methoxy groups -OCH3 is 1. The Labute approximate surface area is 183 Å². The molecule has 0 spiro atoms. The van der Waals surface area contributed by atoms with Gasteiger partial charge in [-0.05, 0) is 67.1 Å². The highest BCUT2D eigenvalue weighted by Gasteiger charge is 2.21. The van der Waals surface area contributed by atoms with Crippen molar-refractivity contribution >= 4 is 28.9 Å². The van der Waals surface area contributed by atoms with Gasteiger partial charge in [0, 0.05) is 42.7 Å². The van der Waals surface area contributed by atoms with E-state index in [0.717, 1.165) is 43.8 Å². The number of aliphatic carboxylic acids is 1. The van der Waals surface area contributed by atoms with Crippen molar-refractivity contribution in [2.24, 2.45) is 0 Å². The van der Waals surface area contributed by atoms with Crippen LogP contribution in [0, 0.1) is 0 Å². The molecule has 1 aliphatic rings. The van der Waals surface area contributed by atoms with Crippen LogP contribution in [0.5, 0.6) is 0 Å². The molecule has 3 rings (SSSR count). The zero-order chi connectivity index (χ0) is 21.3. The molecule has 1 aliphatic heterocycles. The highest BCUT2D eigenvalue weighted by molar-refractivity contribution is 6.30. The SMILES string of the molecule is COCc1ccc2c(c1)CCc1ccc(Cl)cc1N2CCCCNC/C=C/C(=O)O. The lowest BCUT2D eigenvalue weighted by molar-refractivity contribution is -0.131. The highest BCUT2D eigenvalue weighted by atomic mass is 35.5. The molecule has 160 valence electrons. The molecule has 0 atom stereocenters. The van der Waals surface area contributed by atoms with Gasteiger partial charge in [-0.1, -0.05) is 35.9 Å². The lowest BCUT2D eigenvalue weighted by Crippen LogP contribution is -2.22. The van der Waals surface area contributed by atoms with E-state index in [1.54, 1.807) is 13.2 Å². The van der Waals surface area contributed by atoms with Gasteiger partial charge in [0.1, 0.15) is 0 Å². The van der Waals surface area contributed by atoms with E-state index >= 15 is 0 Å². The zero-order valence-electron chi connectivity index (χ0n) is 17.4. The number of ether oxygens (including phenoxy) is 1. The van der Waals surface area contributed by atoms with Crippen molar-refractivity contribution in [3.63, 3.8) is 0 Å². The molecule has 0 aliphatic carbocycles. The first-order valence-electron chi connectivity index (χ1n) is 10.4. The summed E-state index contributed by atoms with van der Waals surface area (Å²) in [5, 5.41) is 12.6. The second-order valence-electron chi connectivity index (χ2n) is 7.47. The molecule has 5 nitrogen and oxygen atoms in total. The number of carbonyl (C=O) groups is 1. The Morgan fingerprint density at radius 2 is 2.00 bits per heavy atom. The fourth-order valence-electron chi connectivity index (χ4n) is 3.86. The summed E-state index contributed by atoms with van der Waals surface area (Å²) in [5.74, 6) is -0.914. The summed E-state index contributed by atoms with van der Waals surface area (Å²) in [6.45, 7) is 2.93. The summed E-state index contributed by atoms with van der Waals surface area (Å²) in [5.41, 5.74) is 6.29. The van der Waals surface area contributed by atoms with Crippen LogP contribution in [-0.2, 0) is 29.0 Å². The molecule has 1 heterocycles. The Hall–Kier alpha value is -2.34. The van der Waals surface area contributed by atoms with Crippen LogP contribution in [0.25, 0.3) is 0 Å². The van der Waals surface area contributed by atoms with Crippen molar-refractivity contribution in [3.05, 3.63) is 70.3 Å². The van der Waals surface area contributed by atoms with Gasteiger partial charge in [-0.2, -0.15) is 0 Å². The fraction of sp³-hybridized carbons (Fsp3) is 0.375. The monoisotopic (exact) mass is 428 g/mol. The molecular formula is C24H29ClN2O3. The van der Waals surface area contributed by atoms with E-state index in [9.17, 15) is 4.79 Å². The number of hydrogen-bond acceptors (Lipinski definition) is 4. The van der Waals surface area contributed by atoms with Crippen LogP contribution >= 0.6 is 11.6 Å². The predicted octanol–water partition coefficient (Wildman–Crippen LogP) is 4.73. The Kier molecular flexibility index (Phi) is 8.31. The van der Waals surface area contributed by atoms with Gasteiger partial charge in [-0.3, -0.25) is 0 Å². The molecule has 0 unspecified atom stereocenters. The number of anilines is 2. The van der Waals surface area contributed by atoms with Crippen LogP contribution in [0.4, 0.5) is 11.4 Å². The van der Waals surface area contributed by atoms with Gasteiger partial charge in [0.25, 0.3) is 0 Å². The van der Waals surface area contributed by atoms with E-state index in [0.29, 0.717) is 13.2 Å². The molecule has 30 heavy (non-hydrogen) atoms. The standard InChI is InChI=1S/C24H29ClN2O3/c1-30-17-18-6-11-22-20(15-18)8-7-19-9-10-21(25)16-23(19)27(22)14-3-2-12-26-13-4-5-24(28)29/h4-6,9-11,15-16,26H,2-3,7-8,12-14,17H2,1H3,(H,28,29)/b5-4+. The number of fused-ring (bicyclic) bond motifs is 2. The molecule has 0 bridgehead atoms. The average Bonchev–Trinajstić information content (AvgIpc) is 2.86. The van der Waals surface area contributed by atoms with E-state index in [4.69, 9.17) is 21.4 Å². The normalized spacial score (nSPS) is 13.2.